The average Bonchev–Trinajstić information content (AvgIpc) is 3.56. The van der Waals surface area contributed by atoms with Crippen molar-refractivity contribution >= 4 is 17.4 Å². The van der Waals surface area contributed by atoms with Crippen molar-refractivity contribution in [3.8, 4) is 17.2 Å². The van der Waals surface area contributed by atoms with E-state index >= 15 is 0 Å². The normalized spacial score (nSPS) is 22.2. The van der Waals surface area contributed by atoms with E-state index in [1.807, 2.05) is 53.6 Å². The topological polar surface area (TPSA) is 73.4 Å². The Morgan fingerprint density at radius 1 is 0.912 bits per heavy atom. The zero-order valence-corrected chi connectivity index (χ0v) is 18.5. The van der Waals surface area contributed by atoms with Crippen molar-refractivity contribution in [2.75, 3.05) is 49.5 Å². The number of anilines is 2. The Hall–Kier alpha value is -3.78. The lowest BCUT2D eigenvalue weighted by Crippen LogP contribution is -2.42. The molecule has 0 N–H and O–H groups in total. The van der Waals surface area contributed by atoms with Crippen LogP contribution in [0.5, 0.6) is 17.2 Å². The number of fused-ring (bicyclic) bond motifs is 5. The fraction of sp³-hybridized carbons (Fsp3) is 0.308. The van der Waals surface area contributed by atoms with Crippen LogP contribution in [-0.4, -0.2) is 50.6 Å². The van der Waals surface area contributed by atoms with Gasteiger partial charge in [0.1, 0.15) is 23.6 Å². The lowest BCUT2D eigenvalue weighted by atomic mass is 9.77. The van der Waals surface area contributed by atoms with Gasteiger partial charge in [0, 0.05) is 36.6 Å². The summed E-state index contributed by atoms with van der Waals surface area (Å²) in [5, 5.41) is 0. The van der Waals surface area contributed by atoms with Crippen LogP contribution in [-0.2, 0) is 21.5 Å². The summed E-state index contributed by atoms with van der Waals surface area (Å²) >= 11 is 0. The van der Waals surface area contributed by atoms with Crippen LogP contribution in [0.2, 0.25) is 0 Å². The van der Waals surface area contributed by atoms with Crippen molar-refractivity contribution in [2.24, 2.45) is 0 Å². The molecule has 8 heteroatoms. The highest BCUT2D eigenvalue weighted by Gasteiger charge is 2.57. The number of pyridine rings is 1. The van der Waals surface area contributed by atoms with Crippen LogP contribution >= 0.6 is 0 Å². The largest absolute Gasteiger partial charge is 0.491 e. The number of carbonyl (C=O) groups excluding carboxylic acids is 1. The van der Waals surface area contributed by atoms with Gasteiger partial charge in [0.05, 0.1) is 19.8 Å². The van der Waals surface area contributed by atoms with Gasteiger partial charge in [0.15, 0.2) is 11.5 Å². The van der Waals surface area contributed by atoms with Crippen LogP contribution in [0.4, 0.5) is 11.5 Å². The summed E-state index contributed by atoms with van der Waals surface area (Å²) in [6, 6.07) is 15.8. The lowest BCUT2D eigenvalue weighted by molar-refractivity contribution is -0.122. The van der Waals surface area contributed by atoms with E-state index in [1.165, 1.54) is 0 Å². The number of morpholine rings is 1. The van der Waals surface area contributed by atoms with Crippen LogP contribution in [0.15, 0.2) is 54.7 Å². The summed E-state index contributed by atoms with van der Waals surface area (Å²) in [7, 11) is 0. The predicted octanol–water partition coefficient (Wildman–Crippen LogP) is 2.87. The van der Waals surface area contributed by atoms with Crippen molar-refractivity contribution in [2.45, 2.75) is 12.0 Å². The maximum absolute atomic E-state index is 14.1. The molecule has 1 atom stereocenters. The number of amides is 1. The van der Waals surface area contributed by atoms with Gasteiger partial charge in [-0.15, -0.1) is 0 Å². The molecule has 0 radical (unpaired) electrons. The van der Waals surface area contributed by atoms with Crippen molar-refractivity contribution in [1.82, 2.24) is 4.98 Å². The van der Waals surface area contributed by atoms with E-state index < -0.39 is 5.41 Å². The van der Waals surface area contributed by atoms with Crippen LogP contribution in [0.1, 0.15) is 16.7 Å². The maximum Gasteiger partial charge on any atom is 0.246 e. The molecule has 0 bridgehead atoms. The van der Waals surface area contributed by atoms with Gasteiger partial charge in [-0.05, 0) is 29.3 Å². The Labute approximate surface area is 196 Å². The van der Waals surface area contributed by atoms with Gasteiger partial charge in [-0.2, -0.15) is 0 Å². The summed E-state index contributed by atoms with van der Waals surface area (Å²) in [5.41, 5.74) is 2.77. The Morgan fingerprint density at radius 2 is 1.74 bits per heavy atom. The molecule has 0 saturated carbocycles. The number of hydrogen-bond acceptors (Lipinski definition) is 7. The van der Waals surface area contributed by atoms with E-state index in [0.29, 0.717) is 37.0 Å². The maximum atomic E-state index is 14.1. The van der Waals surface area contributed by atoms with Crippen molar-refractivity contribution < 1.29 is 23.7 Å². The third-order valence-electron chi connectivity index (χ3n) is 7.13. The Bertz CT molecular complexity index is 1290. The van der Waals surface area contributed by atoms with Crippen LogP contribution < -0.4 is 24.0 Å². The highest BCUT2D eigenvalue weighted by molar-refractivity contribution is 6.11. The minimum absolute atomic E-state index is 0.00331. The summed E-state index contributed by atoms with van der Waals surface area (Å²) in [6.45, 7) is 3.98. The zero-order valence-electron chi connectivity index (χ0n) is 18.5. The first-order valence-corrected chi connectivity index (χ1v) is 11.5. The van der Waals surface area contributed by atoms with E-state index in [2.05, 4.69) is 16.0 Å². The average molecular weight is 457 g/mol. The third-order valence-corrected chi connectivity index (χ3v) is 7.13. The number of para-hydroxylation sites is 1. The van der Waals surface area contributed by atoms with Crippen molar-refractivity contribution in [3.63, 3.8) is 0 Å². The van der Waals surface area contributed by atoms with E-state index in [0.717, 1.165) is 41.3 Å². The van der Waals surface area contributed by atoms with Gasteiger partial charge in [0.2, 0.25) is 12.7 Å². The second kappa shape index (κ2) is 7.36. The molecule has 2 aromatic carbocycles. The summed E-state index contributed by atoms with van der Waals surface area (Å²) in [5.74, 6) is 2.91. The third kappa shape index (κ3) is 2.75. The van der Waals surface area contributed by atoms with Gasteiger partial charge in [-0.25, -0.2) is 4.98 Å². The fourth-order valence-electron chi connectivity index (χ4n) is 5.39. The molecule has 3 aromatic rings. The number of rotatable bonds is 3. The molecular weight excluding hydrogens is 434 g/mol. The second-order valence-electron chi connectivity index (χ2n) is 8.93. The van der Waals surface area contributed by atoms with Gasteiger partial charge >= 0.3 is 0 Å². The number of ether oxygens (including phenoxy) is 4. The molecule has 172 valence electrons. The second-order valence-corrected chi connectivity index (χ2v) is 8.93. The highest BCUT2D eigenvalue weighted by Crippen LogP contribution is 2.55. The van der Waals surface area contributed by atoms with E-state index in [4.69, 9.17) is 18.9 Å². The Morgan fingerprint density at radius 3 is 2.56 bits per heavy atom. The Balaban J connectivity index is 1.24. The van der Waals surface area contributed by atoms with Crippen LogP contribution in [0.3, 0.4) is 0 Å². The van der Waals surface area contributed by atoms with Gasteiger partial charge in [0.25, 0.3) is 0 Å². The molecule has 4 aliphatic heterocycles. The van der Waals surface area contributed by atoms with Gasteiger partial charge < -0.3 is 28.7 Å². The SMILES string of the molecule is O=C1N(Cc2ccc(N3CCOCC3)nc2)c2ccccc2C12COc1cc3c(cc12)OCO3. The quantitative estimate of drug-likeness (QED) is 0.599. The molecule has 7 rings (SSSR count). The molecule has 0 aliphatic carbocycles. The molecule has 1 amide bonds. The number of hydrogen-bond donors (Lipinski definition) is 0. The first-order chi connectivity index (χ1) is 16.7. The zero-order chi connectivity index (χ0) is 22.7. The lowest BCUT2D eigenvalue weighted by Gasteiger charge is -2.28. The summed E-state index contributed by atoms with van der Waals surface area (Å²) in [4.78, 5) is 22.8. The van der Waals surface area contributed by atoms with Crippen LogP contribution in [0, 0.1) is 0 Å². The predicted molar refractivity (Wildman–Crippen MR) is 124 cm³/mol. The number of aromatic nitrogens is 1. The highest BCUT2D eigenvalue weighted by atomic mass is 16.7. The van der Waals surface area contributed by atoms with E-state index in [-0.39, 0.29) is 19.3 Å². The van der Waals surface area contributed by atoms with Crippen molar-refractivity contribution in [1.29, 1.82) is 0 Å². The fourth-order valence-corrected chi connectivity index (χ4v) is 5.39. The molecule has 1 unspecified atom stereocenters. The molecule has 1 spiro atoms. The molecule has 1 aromatic heterocycles. The Kier molecular flexibility index (Phi) is 4.26. The van der Waals surface area contributed by atoms with Crippen molar-refractivity contribution in [3.05, 3.63) is 71.4 Å². The standard InChI is InChI=1S/C26H23N3O5/c30-25-26(15-32-21-12-23-22(11-19(21)26)33-16-34-23)18-3-1-2-4-20(18)29(25)14-17-5-6-24(27-13-17)28-7-9-31-10-8-28/h1-6,11-13H,7-10,14-16H2. The molecule has 34 heavy (non-hydrogen) atoms. The molecule has 5 heterocycles. The number of nitrogens with zero attached hydrogens (tertiary/aromatic N) is 3. The molecule has 4 aliphatic rings. The molecule has 8 nitrogen and oxygen atoms in total. The summed E-state index contributed by atoms with van der Waals surface area (Å²) in [6.07, 6.45) is 1.86. The first-order valence-electron chi connectivity index (χ1n) is 11.5. The van der Waals surface area contributed by atoms with E-state index in [1.54, 1.807) is 0 Å². The molecular formula is C26H23N3O5. The number of carbonyl (C=O) groups is 1. The first kappa shape index (κ1) is 19.7. The smallest absolute Gasteiger partial charge is 0.246 e. The van der Waals surface area contributed by atoms with Crippen LogP contribution in [0.25, 0.3) is 0 Å². The summed E-state index contributed by atoms with van der Waals surface area (Å²) < 4.78 is 22.6. The molecule has 1 fully saturated rings. The van der Waals surface area contributed by atoms with E-state index in [9.17, 15) is 4.79 Å². The number of benzene rings is 2. The molecule has 1 saturated heterocycles. The van der Waals surface area contributed by atoms with Gasteiger partial charge in [-0.1, -0.05) is 24.3 Å². The minimum atomic E-state index is -0.895. The minimum Gasteiger partial charge on any atom is -0.491 e. The monoisotopic (exact) mass is 457 g/mol. The van der Waals surface area contributed by atoms with Gasteiger partial charge in [-0.3, -0.25) is 4.79 Å².